The fourth-order valence-corrected chi connectivity index (χ4v) is 2.10. The average molecular weight is 312 g/mol. The average Bonchev–Trinajstić information content (AvgIpc) is 2.43. The summed E-state index contributed by atoms with van der Waals surface area (Å²) in [4.78, 5) is 0. The number of halogens is 3. The van der Waals surface area contributed by atoms with Crippen LogP contribution in [0.2, 0.25) is 5.02 Å². The van der Waals surface area contributed by atoms with Gasteiger partial charge in [-0.3, -0.25) is 0 Å². The highest BCUT2D eigenvalue weighted by Gasteiger charge is 2.05. The lowest BCUT2D eigenvalue weighted by molar-refractivity contribution is 0.304. The van der Waals surface area contributed by atoms with Gasteiger partial charge in [0, 0.05) is 18.2 Å². The Morgan fingerprint density at radius 2 is 1.90 bits per heavy atom. The summed E-state index contributed by atoms with van der Waals surface area (Å²) in [6.07, 6.45) is 0. The zero-order valence-corrected chi connectivity index (χ0v) is 12.4. The molecule has 2 nitrogen and oxygen atoms in total. The van der Waals surface area contributed by atoms with Gasteiger partial charge in [-0.15, -0.1) is 0 Å². The highest BCUT2D eigenvalue weighted by molar-refractivity contribution is 6.31. The van der Waals surface area contributed by atoms with Crippen molar-refractivity contribution in [3.8, 4) is 5.75 Å². The molecule has 0 unspecified atom stereocenters. The van der Waals surface area contributed by atoms with E-state index in [2.05, 4.69) is 5.32 Å². The normalized spacial score (nSPS) is 10.7. The maximum atomic E-state index is 13.5. The Labute approximate surface area is 127 Å². The summed E-state index contributed by atoms with van der Waals surface area (Å²) in [6.45, 7) is 3.51. The minimum absolute atomic E-state index is 0.156. The summed E-state index contributed by atoms with van der Waals surface area (Å²) in [5.41, 5.74) is 1.45. The van der Waals surface area contributed by atoms with Crippen LogP contribution in [0.3, 0.4) is 0 Å². The van der Waals surface area contributed by atoms with E-state index in [1.807, 2.05) is 6.92 Å². The zero-order valence-electron chi connectivity index (χ0n) is 11.6. The largest absolute Gasteiger partial charge is 0.489 e. The molecular weight excluding hydrogens is 296 g/mol. The predicted molar refractivity (Wildman–Crippen MR) is 79.5 cm³/mol. The molecule has 0 aromatic heterocycles. The molecule has 0 spiro atoms. The van der Waals surface area contributed by atoms with Gasteiger partial charge in [-0.1, -0.05) is 24.6 Å². The van der Waals surface area contributed by atoms with Gasteiger partial charge >= 0.3 is 0 Å². The lowest BCUT2D eigenvalue weighted by atomic mass is 10.2. The molecule has 2 rings (SSSR count). The first-order valence-electron chi connectivity index (χ1n) is 6.65. The Morgan fingerprint density at radius 1 is 1.10 bits per heavy atom. The maximum absolute atomic E-state index is 13.5. The predicted octanol–water partition coefficient (Wildman–Crippen LogP) is 4.31. The molecule has 1 N–H and O–H groups in total. The van der Waals surface area contributed by atoms with Crippen molar-refractivity contribution in [2.45, 2.75) is 20.1 Å². The van der Waals surface area contributed by atoms with Gasteiger partial charge < -0.3 is 10.1 Å². The molecular formula is C16H16ClF2NO. The first-order chi connectivity index (χ1) is 10.1. The van der Waals surface area contributed by atoms with E-state index in [1.165, 1.54) is 24.3 Å². The second-order valence-electron chi connectivity index (χ2n) is 4.60. The van der Waals surface area contributed by atoms with Crippen LogP contribution in [-0.2, 0) is 13.2 Å². The third-order valence-electron chi connectivity index (χ3n) is 2.92. The highest BCUT2D eigenvalue weighted by atomic mass is 35.5. The van der Waals surface area contributed by atoms with Crippen molar-refractivity contribution in [3.63, 3.8) is 0 Å². The quantitative estimate of drug-likeness (QED) is 0.858. The van der Waals surface area contributed by atoms with E-state index in [0.29, 0.717) is 22.9 Å². The minimum Gasteiger partial charge on any atom is -0.489 e. The van der Waals surface area contributed by atoms with Crippen molar-refractivity contribution in [1.29, 1.82) is 0 Å². The summed E-state index contributed by atoms with van der Waals surface area (Å²) < 4.78 is 32.0. The molecule has 2 aromatic carbocycles. The van der Waals surface area contributed by atoms with E-state index in [4.69, 9.17) is 16.3 Å². The molecule has 0 saturated heterocycles. The van der Waals surface area contributed by atoms with Crippen LogP contribution in [0.1, 0.15) is 18.1 Å². The van der Waals surface area contributed by atoms with Crippen LogP contribution in [0.5, 0.6) is 5.75 Å². The summed E-state index contributed by atoms with van der Waals surface area (Å²) >= 11 is 5.92. The molecule has 0 saturated carbocycles. The lowest BCUT2D eigenvalue weighted by Gasteiger charge is -2.10. The number of hydrogen-bond acceptors (Lipinski definition) is 2. The Bertz CT molecular complexity index is 619. The van der Waals surface area contributed by atoms with E-state index >= 15 is 0 Å². The van der Waals surface area contributed by atoms with Gasteiger partial charge in [0.25, 0.3) is 0 Å². The van der Waals surface area contributed by atoms with Crippen molar-refractivity contribution >= 4 is 11.6 Å². The summed E-state index contributed by atoms with van der Waals surface area (Å²) in [6, 6.07) is 8.63. The van der Waals surface area contributed by atoms with Crippen LogP contribution in [0.15, 0.2) is 36.4 Å². The molecule has 0 heterocycles. The van der Waals surface area contributed by atoms with Crippen LogP contribution < -0.4 is 10.1 Å². The van der Waals surface area contributed by atoms with Crippen LogP contribution in [0.4, 0.5) is 8.78 Å². The summed E-state index contributed by atoms with van der Waals surface area (Å²) in [5, 5.41) is 3.41. The van der Waals surface area contributed by atoms with E-state index in [1.54, 1.807) is 12.1 Å². The molecule has 2 aromatic rings. The number of nitrogens with one attached hydrogen (secondary N) is 1. The molecule has 0 bridgehead atoms. The third-order valence-corrected chi connectivity index (χ3v) is 3.27. The molecule has 0 atom stereocenters. The van der Waals surface area contributed by atoms with Gasteiger partial charge in [0.15, 0.2) is 0 Å². The number of rotatable bonds is 6. The standard InChI is InChI=1S/C16H16ClF2NO/c1-2-20-9-11-5-14(19)7-15(6-11)21-10-12-3-4-13(18)8-16(12)17/h3-8,20H,2,9-10H2,1H3. The first kappa shape index (κ1) is 15.7. The molecule has 0 aliphatic heterocycles. The van der Waals surface area contributed by atoms with Crippen LogP contribution in [0, 0.1) is 11.6 Å². The molecule has 0 amide bonds. The second kappa shape index (κ2) is 7.38. The van der Waals surface area contributed by atoms with Crippen LogP contribution >= 0.6 is 11.6 Å². The van der Waals surface area contributed by atoms with E-state index in [-0.39, 0.29) is 12.4 Å². The fraction of sp³-hybridized carbons (Fsp3) is 0.250. The Balaban J connectivity index is 2.07. The number of benzene rings is 2. The topological polar surface area (TPSA) is 21.3 Å². The monoisotopic (exact) mass is 311 g/mol. The van der Waals surface area contributed by atoms with Crippen molar-refractivity contribution in [2.24, 2.45) is 0 Å². The van der Waals surface area contributed by atoms with Crippen molar-refractivity contribution in [3.05, 3.63) is 64.2 Å². The van der Waals surface area contributed by atoms with E-state index in [9.17, 15) is 8.78 Å². The molecule has 5 heteroatoms. The zero-order chi connectivity index (χ0) is 15.2. The SMILES string of the molecule is CCNCc1cc(F)cc(OCc2ccc(F)cc2Cl)c1. The first-order valence-corrected chi connectivity index (χ1v) is 7.03. The number of ether oxygens (including phenoxy) is 1. The molecule has 0 aliphatic carbocycles. The van der Waals surface area contributed by atoms with E-state index in [0.717, 1.165) is 12.1 Å². The van der Waals surface area contributed by atoms with Gasteiger partial charge in [0.1, 0.15) is 24.0 Å². The smallest absolute Gasteiger partial charge is 0.127 e. The number of hydrogen-bond donors (Lipinski definition) is 1. The lowest BCUT2D eigenvalue weighted by Crippen LogP contribution is -2.12. The second-order valence-corrected chi connectivity index (χ2v) is 5.01. The van der Waals surface area contributed by atoms with Crippen LogP contribution in [0.25, 0.3) is 0 Å². The van der Waals surface area contributed by atoms with Crippen molar-refractivity contribution < 1.29 is 13.5 Å². The van der Waals surface area contributed by atoms with Gasteiger partial charge in [0.05, 0.1) is 5.02 Å². The molecule has 21 heavy (non-hydrogen) atoms. The van der Waals surface area contributed by atoms with Gasteiger partial charge in [0.2, 0.25) is 0 Å². The molecule has 0 fully saturated rings. The minimum atomic E-state index is -0.401. The van der Waals surface area contributed by atoms with Crippen molar-refractivity contribution in [1.82, 2.24) is 5.32 Å². The van der Waals surface area contributed by atoms with E-state index < -0.39 is 5.82 Å². The highest BCUT2D eigenvalue weighted by Crippen LogP contribution is 2.21. The maximum Gasteiger partial charge on any atom is 0.127 e. The van der Waals surface area contributed by atoms with Gasteiger partial charge in [-0.05, 0) is 36.4 Å². The van der Waals surface area contributed by atoms with Crippen molar-refractivity contribution in [2.75, 3.05) is 6.54 Å². The molecule has 0 aliphatic rings. The Hall–Kier alpha value is -1.65. The summed E-state index contributed by atoms with van der Waals surface area (Å²) in [5.74, 6) is -0.337. The van der Waals surface area contributed by atoms with Gasteiger partial charge in [-0.25, -0.2) is 8.78 Å². The molecule has 0 radical (unpaired) electrons. The van der Waals surface area contributed by atoms with Crippen LogP contribution in [-0.4, -0.2) is 6.54 Å². The van der Waals surface area contributed by atoms with Gasteiger partial charge in [-0.2, -0.15) is 0 Å². The third kappa shape index (κ3) is 4.69. The Kier molecular flexibility index (Phi) is 5.53. The fourth-order valence-electron chi connectivity index (χ4n) is 1.88. The Morgan fingerprint density at radius 3 is 2.62 bits per heavy atom. The summed E-state index contributed by atoms with van der Waals surface area (Å²) in [7, 11) is 0. The molecule has 112 valence electrons.